The average molecular weight is 487 g/mol. The number of hydrogen-bond donors (Lipinski definition) is 1. The van der Waals surface area contributed by atoms with Crippen LogP contribution in [0, 0.1) is 5.92 Å². The molecule has 3 atom stereocenters. The molecule has 2 heterocycles. The fraction of sp³-hybridized carbons (Fsp3) is 0.600. The van der Waals surface area contributed by atoms with Gasteiger partial charge >= 0.3 is 6.09 Å². The van der Waals surface area contributed by atoms with Gasteiger partial charge in [0, 0.05) is 31.5 Å². The van der Waals surface area contributed by atoms with Gasteiger partial charge in [-0.1, -0.05) is 18.0 Å². The highest BCUT2D eigenvalue weighted by Crippen LogP contribution is 2.49. The van der Waals surface area contributed by atoms with Crippen molar-refractivity contribution < 1.29 is 17.9 Å². The Hall–Kier alpha value is -1.62. The van der Waals surface area contributed by atoms with E-state index in [2.05, 4.69) is 9.71 Å². The molecule has 31 heavy (non-hydrogen) atoms. The SMILES string of the molecule is COC(=O)N(CCCn1ccnc1)[C@@]12CCC[C@@H](CC1)[C@@H]2NS(=O)(=O)c1ccc(Cl)s1. The van der Waals surface area contributed by atoms with Gasteiger partial charge in [-0.2, -0.15) is 0 Å². The van der Waals surface area contributed by atoms with E-state index in [1.165, 1.54) is 13.2 Å². The molecule has 0 saturated heterocycles. The number of carbonyl (C=O) groups is 1. The Bertz CT molecular complexity index is 1010. The van der Waals surface area contributed by atoms with Gasteiger partial charge in [0.15, 0.2) is 0 Å². The lowest BCUT2D eigenvalue weighted by Gasteiger charge is -2.48. The predicted octanol–water partition coefficient (Wildman–Crippen LogP) is 3.74. The van der Waals surface area contributed by atoms with Gasteiger partial charge < -0.3 is 14.2 Å². The third kappa shape index (κ3) is 4.48. The van der Waals surface area contributed by atoms with E-state index in [0.717, 1.165) is 56.4 Å². The summed E-state index contributed by atoms with van der Waals surface area (Å²) in [7, 11) is -2.35. The number of halogens is 1. The molecule has 11 heteroatoms. The Morgan fingerprint density at radius 2 is 2.26 bits per heavy atom. The molecule has 2 fully saturated rings. The van der Waals surface area contributed by atoms with E-state index in [4.69, 9.17) is 16.3 Å². The van der Waals surface area contributed by atoms with Crippen molar-refractivity contribution in [3.63, 3.8) is 0 Å². The number of aryl methyl sites for hydroxylation is 1. The zero-order valence-corrected chi connectivity index (χ0v) is 19.8. The summed E-state index contributed by atoms with van der Waals surface area (Å²) in [5.41, 5.74) is -0.584. The average Bonchev–Trinajstić information content (AvgIpc) is 3.45. The van der Waals surface area contributed by atoms with Crippen LogP contribution >= 0.6 is 22.9 Å². The van der Waals surface area contributed by atoms with Gasteiger partial charge in [-0.25, -0.2) is 22.9 Å². The smallest absolute Gasteiger partial charge is 0.410 e. The van der Waals surface area contributed by atoms with E-state index in [-0.39, 0.29) is 16.2 Å². The fourth-order valence-corrected chi connectivity index (χ4v) is 8.08. The second kappa shape index (κ2) is 9.09. The van der Waals surface area contributed by atoms with Crippen molar-refractivity contribution in [2.24, 2.45) is 5.92 Å². The highest BCUT2D eigenvalue weighted by molar-refractivity contribution is 7.91. The molecule has 170 valence electrons. The number of carbonyl (C=O) groups excluding carboxylic acids is 1. The number of amides is 1. The predicted molar refractivity (Wildman–Crippen MR) is 119 cm³/mol. The summed E-state index contributed by atoms with van der Waals surface area (Å²) in [6.45, 7) is 1.21. The van der Waals surface area contributed by atoms with Crippen molar-refractivity contribution >= 4 is 39.1 Å². The summed E-state index contributed by atoms with van der Waals surface area (Å²) in [5, 5.41) is 0. The number of aromatic nitrogens is 2. The molecule has 0 spiro atoms. The third-order valence-corrected chi connectivity index (χ3v) is 9.73. The number of nitrogens with one attached hydrogen (secondary N) is 1. The van der Waals surface area contributed by atoms with E-state index >= 15 is 0 Å². The highest BCUT2D eigenvalue weighted by atomic mass is 35.5. The largest absolute Gasteiger partial charge is 0.453 e. The molecular formula is C20H27ClN4O4S2. The van der Waals surface area contributed by atoms with Crippen LogP contribution in [0.3, 0.4) is 0 Å². The first-order valence-electron chi connectivity index (χ1n) is 10.4. The van der Waals surface area contributed by atoms with Gasteiger partial charge in [-0.3, -0.25) is 0 Å². The Labute approximate surface area is 191 Å². The van der Waals surface area contributed by atoms with Crippen LogP contribution in [0.5, 0.6) is 0 Å². The van der Waals surface area contributed by atoms with E-state index in [1.54, 1.807) is 23.5 Å². The van der Waals surface area contributed by atoms with Crippen molar-refractivity contribution in [3.05, 3.63) is 35.2 Å². The minimum absolute atomic E-state index is 0.194. The Kier molecular flexibility index (Phi) is 6.62. The molecule has 2 saturated carbocycles. The molecule has 0 radical (unpaired) electrons. The number of methoxy groups -OCH3 is 1. The Morgan fingerprint density at radius 1 is 1.42 bits per heavy atom. The van der Waals surface area contributed by atoms with Crippen LogP contribution in [-0.2, 0) is 21.3 Å². The number of fused-ring (bicyclic) bond motifs is 2. The first-order valence-corrected chi connectivity index (χ1v) is 13.1. The maximum atomic E-state index is 13.1. The number of imidazole rings is 1. The van der Waals surface area contributed by atoms with Crippen molar-refractivity contribution in [1.82, 2.24) is 19.2 Å². The van der Waals surface area contributed by atoms with Crippen molar-refractivity contribution in [2.45, 2.75) is 60.9 Å². The van der Waals surface area contributed by atoms with Crippen LogP contribution in [0.2, 0.25) is 4.34 Å². The quantitative estimate of drug-likeness (QED) is 0.613. The van der Waals surface area contributed by atoms with Gasteiger partial charge in [-0.05, 0) is 50.2 Å². The Balaban J connectivity index is 1.59. The van der Waals surface area contributed by atoms with E-state index in [9.17, 15) is 13.2 Å². The lowest BCUT2D eigenvalue weighted by Crippen LogP contribution is -2.64. The second-order valence-electron chi connectivity index (χ2n) is 8.23. The topological polar surface area (TPSA) is 93.5 Å². The number of sulfonamides is 1. The van der Waals surface area contributed by atoms with Gasteiger partial charge in [0.05, 0.1) is 23.3 Å². The summed E-state index contributed by atoms with van der Waals surface area (Å²) in [6, 6.07) is 2.76. The molecule has 1 N–H and O–H groups in total. The molecule has 2 bridgehead atoms. The summed E-state index contributed by atoms with van der Waals surface area (Å²) >= 11 is 7.00. The van der Waals surface area contributed by atoms with Crippen LogP contribution in [0.25, 0.3) is 0 Å². The molecule has 1 amide bonds. The minimum atomic E-state index is -3.73. The molecule has 0 aliphatic heterocycles. The molecule has 4 rings (SSSR count). The maximum absolute atomic E-state index is 13.1. The maximum Gasteiger partial charge on any atom is 0.410 e. The molecular weight excluding hydrogens is 460 g/mol. The number of ether oxygens (including phenoxy) is 1. The molecule has 2 aromatic heterocycles. The van der Waals surface area contributed by atoms with Crippen molar-refractivity contribution in [2.75, 3.05) is 13.7 Å². The molecule has 0 unspecified atom stereocenters. The molecule has 2 aliphatic rings. The summed E-state index contributed by atoms with van der Waals surface area (Å²) in [4.78, 5) is 18.7. The van der Waals surface area contributed by atoms with Gasteiger partial charge in [0.1, 0.15) is 4.21 Å². The molecule has 0 aromatic carbocycles. The van der Waals surface area contributed by atoms with Crippen LogP contribution in [-0.4, -0.2) is 54.2 Å². The third-order valence-electron chi connectivity index (χ3n) is 6.57. The monoisotopic (exact) mass is 486 g/mol. The van der Waals surface area contributed by atoms with Gasteiger partial charge in [-0.15, -0.1) is 11.3 Å². The highest BCUT2D eigenvalue weighted by Gasteiger charge is 2.56. The Morgan fingerprint density at radius 3 is 2.94 bits per heavy atom. The van der Waals surface area contributed by atoms with E-state index in [1.807, 2.05) is 10.8 Å². The van der Waals surface area contributed by atoms with E-state index < -0.39 is 21.7 Å². The second-order valence-corrected chi connectivity index (χ2v) is 11.9. The van der Waals surface area contributed by atoms with Crippen LogP contribution in [0.1, 0.15) is 38.5 Å². The van der Waals surface area contributed by atoms with Crippen LogP contribution < -0.4 is 4.72 Å². The summed E-state index contributed by atoms with van der Waals surface area (Å²) in [6.07, 6.45) is 9.97. The first-order chi connectivity index (χ1) is 14.9. The van der Waals surface area contributed by atoms with Gasteiger partial charge in [0.2, 0.25) is 10.0 Å². The lowest BCUT2D eigenvalue weighted by molar-refractivity contribution is 0.0309. The van der Waals surface area contributed by atoms with Crippen LogP contribution in [0.15, 0.2) is 35.1 Å². The van der Waals surface area contributed by atoms with Crippen LogP contribution in [0.4, 0.5) is 4.79 Å². The van der Waals surface area contributed by atoms with Crippen molar-refractivity contribution in [1.29, 1.82) is 0 Å². The standard InChI is InChI=1S/C20H27ClN4O4S2/c1-29-19(26)25(12-3-11-24-13-10-22-14-24)20-8-2-4-15(7-9-20)18(20)23-31(27,28)17-6-5-16(21)30-17/h5-6,10,13-15,18,23H,2-4,7-9,11-12H2,1H3/t15-,18-,20-/m0/s1. The minimum Gasteiger partial charge on any atom is -0.453 e. The summed E-state index contributed by atoms with van der Waals surface area (Å²) < 4.78 is 36.9. The molecule has 2 aromatic rings. The zero-order valence-electron chi connectivity index (χ0n) is 17.4. The first kappa shape index (κ1) is 22.6. The number of rotatable bonds is 8. The van der Waals surface area contributed by atoms with E-state index in [0.29, 0.717) is 10.9 Å². The number of thiophene rings is 1. The fourth-order valence-electron chi connectivity index (χ4n) is 5.21. The lowest BCUT2D eigenvalue weighted by atomic mass is 9.77. The molecule has 8 nitrogen and oxygen atoms in total. The normalized spacial score (nSPS) is 25.5. The number of hydrogen-bond acceptors (Lipinski definition) is 6. The number of nitrogens with zero attached hydrogens (tertiary/aromatic N) is 3. The molecule has 2 aliphatic carbocycles. The van der Waals surface area contributed by atoms with Gasteiger partial charge in [0.25, 0.3) is 0 Å². The summed E-state index contributed by atoms with van der Waals surface area (Å²) in [5.74, 6) is 0.194. The van der Waals surface area contributed by atoms with Crippen molar-refractivity contribution in [3.8, 4) is 0 Å². The zero-order chi connectivity index (χ0) is 22.1.